The first-order chi connectivity index (χ1) is 16.2. The van der Waals surface area contributed by atoms with E-state index in [1.54, 1.807) is 0 Å². The summed E-state index contributed by atoms with van der Waals surface area (Å²) in [6.45, 7) is 5.40. The second-order valence-electron chi connectivity index (χ2n) is 8.78. The molecule has 1 saturated carbocycles. The molecule has 6 nitrogen and oxygen atoms in total. The van der Waals surface area contributed by atoms with Crippen LogP contribution in [0.2, 0.25) is 5.02 Å². The summed E-state index contributed by atoms with van der Waals surface area (Å²) in [5.41, 5.74) is 2.44. The van der Waals surface area contributed by atoms with Crippen molar-refractivity contribution in [2.45, 2.75) is 18.8 Å². The maximum Gasteiger partial charge on any atom is 0.223 e. The minimum Gasteiger partial charge on any atom is -0.355 e. The van der Waals surface area contributed by atoms with E-state index >= 15 is 0 Å². The van der Waals surface area contributed by atoms with Crippen molar-refractivity contribution in [3.63, 3.8) is 0 Å². The second-order valence-corrected chi connectivity index (χ2v) is 9.94. The van der Waals surface area contributed by atoms with Crippen molar-refractivity contribution in [3.8, 4) is 0 Å². The highest BCUT2D eigenvalue weighted by Crippen LogP contribution is 2.47. The summed E-state index contributed by atoms with van der Waals surface area (Å²) in [6.07, 6.45) is 1.69. The highest BCUT2D eigenvalue weighted by atomic mass is 35.5. The molecule has 172 valence electrons. The Kier molecular flexibility index (Phi) is 6.90. The summed E-state index contributed by atoms with van der Waals surface area (Å²) in [5, 5.41) is 4.88. The van der Waals surface area contributed by atoms with Gasteiger partial charge in [-0.15, -0.1) is 0 Å². The molecule has 1 aliphatic heterocycles. The molecule has 1 aromatic heterocycles. The Morgan fingerprint density at radius 3 is 2.58 bits per heavy atom. The lowest BCUT2D eigenvalue weighted by Gasteiger charge is -2.34. The molecule has 0 bridgehead atoms. The summed E-state index contributed by atoms with van der Waals surface area (Å²) < 4.78 is 4.54. The molecule has 1 N–H and O–H groups in total. The Bertz CT molecular complexity index is 1070. The van der Waals surface area contributed by atoms with Crippen LogP contribution in [0.1, 0.15) is 29.3 Å². The van der Waals surface area contributed by atoms with Crippen LogP contribution in [0.4, 0.5) is 5.13 Å². The average molecular weight is 482 g/mol. The molecule has 8 heteroatoms. The lowest BCUT2D eigenvalue weighted by atomic mass is 10.1. The zero-order valence-corrected chi connectivity index (χ0v) is 20.1. The number of rotatable bonds is 8. The van der Waals surface area contributed by atoms with Crippen LogP contribution < -0.4 is 10.2 Å². The molecule has 0 radical (unpaired) electrons. The van der Waals surface area contributed by atoms with Crippen molar-refractivity contribution in [3.05, 3.63) is 76.6 Å². The largest absolute Gasteiger partial charge is 0.355 e. The van der Waals surface area contributed by atoms with E-state index in [0.29, 0.717) is 12.5 Å². The Hall–Kier alpha value is -2.48. The van der Waals surface area contributed by atoms with Crippen molar-refractivity contribution in [1.82, 2.24) is 19.6 Å². The van der Waals surface area contributed by atoms with Gasteiger partial charge in [0.15, 0.2) is 0 Å². The van der Waals surface area contributed by atoms with Gasteiger partial charge in [-0.05, 0) is 35.6 Å². The van der Waals surface area contributed by atoms with Crippen LogP contribution in [0.5, 0.6) is 0 Å². The molecular formula is C25H28ClN5OS. The number of benzene rings is 2. The normalized spacial score (nSPS) is 20.6. The molecule has 33 heavy (non-hydrogen) atoms. The monoisotopic (exact) mass is 481 g/mol. The zero-order chi connectivity index (χ0) is 22.6. The highest BCUT2D eigenvalue weighted by molar-refractivity contribution is 7.09. The summed E-state index contributed by atoms with van der Waals surface area (Å²) in [5.74, 6) is 1.59. The van der Waals surface area contributed by atoms with E-state index in [1.807, 2.05) is 42.5 Å². The number of aromatic nitrogens is 2. The first-order valence-corrected chi connectivity index (χ1v) is 12.7. The zero-order valence-electron chi connectivity index (χ0n) is 18.5. The SMILES string of the molecule is O=C(NCCN1CCN(c2nc(Cc3ccc(Cl)cc3)ns2)CC1)C1CC1c1ccccc1. The van der Waals surface area contributed by atoms with Gasteiger partial charge in [-0.1, -0.05) is 54.1 Å². The number of piperazine rings is 1. The Morgan fingerprint density at radius 1 is 1.06 bits per heavy atom. The fourth-order valence-corrected chi connectivity index (χ4v) is 5.28. The number of halogens is 1. The fourth-order valence-electron chi connectivity index (χ4n) is 4.41. The summed E-state index contributed by atoms with van der Waals surface area (Å²) >= 11 is 7.44. The molecule has 2 aromatic carbocycles. The van der Waals surface area contributed by atoms with Gasteiger partial charge in [0.05, 0.1) is 0 Å². The molecule has 5 rings (SSSR count). The molecular weight excluding hydrogens is 454 g/mol. The Balaban J connectivity index is 1.02. The second kappa shape index (κ2) is 10.2. The fraction of sp³-hybridized carbons (Fsp3) is 0.400. The van der Waals surface area contributed by atoms with Gasteiger partial charge < -0.3 is 10.2 Å². The highest BCUT2D eigenvalue weighted by Gasteiger charge is 2.43. The average Bonchev–Trinajstić information content (AvgIpc) is 3.53. The van der Waals surface area contributed by atoms with Gasteiger partial charge in [0.25, 0.3) is 0 Å². The van der Waals surface area contributed by atoms with Gasteiger partial charge in [0.1, 0.15) is 5.82 Å². The first-order valence-electron chi connectivity index (χ1n) is 11.5. The van der Waals surface area contributed by atoms with Gasteiger partial charge in [-0.3, -0.25) is 9.69 Å². The number of nitrogens with one attached hydrogen (secondary N) is 1. The maximum absolute atomic E-state index is 12.5. The smallest absolute Gasteiger partial charge is 0.223 e. The molecule has 1 saturated heterocycles. The Morgan fingerprint density at radius 2 is 1.82 bits per heavy atom. The topological polar surface area (TPSA) is 61.4 Å². The van der Waals surface area contributed by atoms with Crippen molar-refractivity contribution < 1.29 is 4.79 Å². The van der Waals surface area contributed by atoms with Crippen LogP contribution in [0.15, 0.2) is 54.6 Å². The van der Waals surface area contributed by atoms with Gasteiger partial charge in [-0.2, -0.15) is 4.37 Å². The molecule has 1 aliphatic carbocycles. The lowest BCUT2D eigenvalue weighted by Crippen LogP contribution is -2.48. The third-order valence-electron chi connectivity index (χ3n) is 6.46. The van der Waals surface area contributed by atoms with E-state index in [1.165, 1.54) is 17.1 Å². The quantitative estimate of drug-likeness (QED) is 0.530. The molecule has 2 unspecified atom stereocenters. The first kappa shape index (κ1) is 22.3. The third kappa shape index (κ3) is 5.72. The van der Waals surface area contributed by atoms with Crippen LogP contribution in [0.25, 0.3) is 0 Å². The molecule has 1 amide bonds. The van der Waals surface area contributed by atoms with Gasteiger partial charge >= 0.3 is 0 Å². The summed E-state index contributed by atoms with van der Waals surface area (Å²) in [4.78, 5) is 21.9. The van der Waals surface area contributed by atoms with E-state index in [9.17, 15) is 4.79 Å². The van der Waals surface area contributed by atoms with Crippen LogP contribution in [0.3, 0.4) is 0 Å². The predicted molar refractivity (Wildman–Crippen MR) is 133 cm³/mol. The molecule has 2 heterocycles. The van der Waals surface area contributed by atoms with Crippen molar-refractivity contribution in [2.24, 2.45) is 5.92 Å². The van der Waals surface area contributed by atoms with E-state index in [2.05, 4.69) is 31.6 Å². The van der Waals surface area contributed by atoms with E-state index in [-0.39, 0.29) is 11.8 Å². The number of anilines is 1. The van der Waals surface area contributed by atoms with Crippen LogP contribution >= 0.6 is 23.1 Å². The third-order valence-corrected chi connectivity index (χ3v) is 7.52. The number of hydrogen-bond donors (Lipinski definition) is 1. The molecule has 2 atom stereocenters. The lowest BCUT2D eigenvalue weighted by molar-refractivity contribution is -0.122. The van der Waals surface area contributed by atoms with Gasteiger partial charge in [0, 0.05) is 68.2 Å². The molecule has 2 fully saturated rings. The minimum atomic E-state index is 0.142. The molecule has 2 aliphatic rings. The standard InChI is InChI=1S/C25H28ClN5OS/c26-20-8-6-18(7-9-20)16-23-28-25(33-29-23)31-14-12-30(13-15-31)11-10-27-24(32)22-17-21(22)19-4-2-1-3-5-19/h1-9,21-22H,10-17H2,(H,27,32). The van der Waals surface area contributed by atoms with Crippen LogP contribution in [0, 0.1) is 5.92 Å². The van der Waals surface area contributed by atoms with E-state index in [4.69, 9.17) is 16.6 Å². The number of carbonyl (C=O) groups excluding carboxylic acids is 1. The number of nitrogens with zero attached hydrogens (tertiary/aromatic N) is 4. The Labute approximate surface area is 203 Å². The summed E-state index contributed by atoms with van der Waals surface area (Å²) in [6, 6.07) is 18.2. The maximum atomic E-state index is 12.5. The minimum absolute atomic E-state index is 0.142. The van der Waals surface area contributed by atoms with Crippen LogP contribution in [-0.2, 0) is 11.2 Å². The summed E-state index contributed by atoms with van der Waals surface area (Å²) in [7, 11) is 0. The van der Waals surface area contributed by atoms with Crippen LogP contribution in [-0.4, -0.2) is 59.4 Å². The van der Waals surface area contributed by atoms with Crippen molar-refractivity contribution >= 4 is 34.2 Å². The van der Waals surface area contributed by atoms with Gasteiger partial charge in [-0.25, -0.2) is 4.98 Å². The van der Waals surface area contributed by atoms with Gasteiger partial charge in [0.2, 0.25) is 11.0 Å². The number of amides is 1. The number of hydrogen-bond acceptors (Lipinski definition) is 6. The van der Waals surface area contributed by atoms with Crippen molar-refractivity contribution in [1.29, 1.82) is 0 Å². The van der Waals surface area contributed by atoms with Crippen molar-refractivity contribution in [2.75, 3.05) is 44.2 Å². The molecule has 0 spiro atoms. The predicted octanol–water partition coefficient (Wildman–Crippen LogP) is 3.82. The molecule has 3 aromatic rings. The van der Waals surface area contributed by atoms with E-state index in [0.717, 1.165) is 67.1 Å². The van der Waals surface area contributed by atoms with E-state index < -0.39 is 0 Å². The number of carbonyl (C=O) groups is 1.